The number of thiazole rings is 1. The smallest absolute Gasteiger partial charge is 0.254 e. The molecule has 1 fully saturated rings. The van der Waals surface area contributed by atoms with Crippen LogP contribution in [-0.4, -0.2) is 43.5 Å². The van der Waals surface area contributed by atoms with Crippen LogP contribution in [0.3, 0.4) is 0 Å². The standard InChI is InChI=1S/C16H17N3O5S2/c1-10(20)18-16-17-7-15(25-16)26(21,22)19-5-4-12(8-19)11-2-3-13-14(6-11)24-9-23-13/h2-3,6-7,12H,4-5,8-9H2,1H3,(H,17,18,20). The Balaban J connectivity index is 1.50. The lowest BCUT2D eigenvalue weighted by Crippen LogP contribution is -2.28. The third-order valence-corrected chi connectivity index (χ3v) is 7.60. The molecule has 0 aliphatic carbocycles. The van der Waals surface area contributed by atoms with E-state index < -0.39 is 10.0 Å². The molecule has 1 saturated heterocycles. The number of benzene rings is 1. The van der Waals surface area contributed by atoms with E-state index in [9.17, 15) is 13.2 Å². The van der Waals surface area contributed by atoms with Gasteiger partial charge in [0.1, 0.15) is 0 Å². The molecule has 0 bridgehead atoms. The van der Waals surface area contributed by atoms with Gasteiger partial charge in [0.25, 0.3) is 10.0 Å². The maximum atomic E-state index is 12.8. The summed E-state index contributed by atoms with van der Waals surface area (Å²) in [5.74, 6) is 1.23. The molecule has 0 radical (unpaired) electrons. The normalized spacial score (nSPS) is 19.7. The molecular weight excluding hydrogens is 378 g/mol. The number of amides is 1. The van der Waals surface area contributed by atoms with Gasteiger partial charge < -0.3 is 14.8 Å². The highest BCUT2D eigenvalue weighted by Gasteiger charge is 2.35. The van der Waals surface area contributed by atoms with Gasteiger partial charge in [-0.3, -0.25) is 4.79 Å². The molecular formula is C16H17N3O5S2. The number of nitrogens with zero attached hydrogens (tertiary/aromatic N) is 2. The second-order valence-electron chi connectivity index (χ2n) is 6.13. The number of rotatable bonds is 4. The van der Waals surface area contributed by atoms with Crippen LogP contribution in [0.2, 0.25) is 0 Å². The maximum Gasteiger partial charge on any atom is 0.254 e. The highest BCUT2D eigenvalue weighted by molar-refractivity contribution is 7.91. The molecule has 2 aliphatic heterocycles. The van der Waals surface area contributed by atoms with Crippen molar-refractivity contribution in [3.05, 3.63) is 30.0 Å². The molecule has 4 rings (SSSR count). The fourth-order valence-electron chi connectivity index (χ4n) is 3.10. The second-order valence-corrected chi connectivity index (χ2v) is 9.32. The first-order chi connectivity index (χ1) is 12.4. The van der Waals surface area contributed by atoms with E-state index in [2.05, 4.69) is 10.3 Å². The van der Waals surface area contributed by atoms with Crippen LogP contribution in [0.4, 0.5) is 5.13 Å². The number of carbonyl (C=O) groups excluding carboxylic acids is 1. The summed E-state index contributed by atoms with van der Waals surface area (Å²) < 4.78 is 38.0. The van der Waals surface area contributed by atoms with Gasteiger partial charge in [0, 0.05) is 20.0 Å². The predicted molar refractivity (Wildman–Crippen MR) is 95.1 cm³/mol. The molecule has 138 valence electrons. The first-order valence-electron chi connectivity index (χ1n) is 8.06. The van der Waals surface area contributed by atoms with Crippen molar-refractivity contribution in [2.24, 2.45) is 0 Å². The zero-order valence-corrected chi connectivity index (χ0v) is 15.6. The summed E-state index contributed by atoms with van der Waals surface area (Å²) in [6.07, 6.45) is 2.02. The van der Waals surface area contributed by atoms with Crippen LogP contribution in [0.5, 0.6) is 11.5 Å². The van der Waals surface area contributed by atoms with Crippen molar-refractivity contribution in [1.82, 2.24) is 9.29 Å². The van der Waals surface area contributed by atoms with Gasteiger partial charge in [-0.1, -0.05) is 17.4 Å². The Bertz CT molecular complexity index is 957. The van der Waals surface area contributed by atoms with E-state index in [1.54, 1.807) is 0 Å². The number of anilines is 1. The highest BCUT2D eigenvalue weighted by Crippen LogP contribution is 2.38. The van der Waals surface area contributed by atoms with Crippen LogP contribution in [0.25, 0.3) is 0 Å². The lowest BCUT2D eigenvalue weighted by molar-refractivity contribution is -0.114. The maximum absolute atomic E-state index is 12.8. The molecule has 0 saturated carbocycles. The molecule has 1 aromatic heterocycles. The minimum Gasteiger partial charge on any atom is -0.454 e. The van der Waals surface area contributed by atoms with Crippen LogP contribution in [-0.2, 0) is 14.8 Å². The topological polar surface area (TPSA) is 97.8 Å². The fraction of sp³-hybridized carbons (Fsp3) is 0.375. The van der Waals surface area contributed by atoms with E-state index in [0.29, 0.717) is 24.6 Å². The highest BCUT2D eigenvalue weighted by atomic mass is 32.2. The third kappa shape index (κ3) is 3.15. The Morgan fingerprint density at radius 2 is 2.15 bits per heavy atom. The number of carbonyl (C=O) groups is 1. The Morgan fingerprint density at radius 3 is 2.96 bits per heavy atom. The van der Waals surface area contributed by atoms with Crippen LogP contribution in [0.15, 0.2) is 28.6 Å². The summed E-state index contributed by atoms with van der Waals surface area (Å²) in [6, 6.07) is 5.73. The van der Waals surface area contributed by atoms with Crippen LogP contribution >= 0.6 is 11.3 Å². The molecule has 1 atom stereocenters. The molecule has 3 heterocycles. The quantitative estimate of drug-likeness (QED) is 0.850. The number of aromatic nitrogens is 1. The average molecular weight is 395 g/mol. The zero-order valence-electron chi connectivity index (χ0n) is 14.0. The predicted octanol–water partition coefficient (Wildman–Crippen LogP) is 2.01. The number of nitrogens with one attached hydrogen (secondary N) is 1. The second kappa shape index (κ2) is 6.53. The summed E-state index contributed by atoms with van der Waals surface area (Å²) in [5.41, 5.74) is 1.04. The fourth-order valence-corrected chi connectivity index (χ4v) is 5.83. The third-order valence-electron chi connectivity index (χ3n) is 4.38. The molecule has 2 aliphatic rings. The van der Waals surface area contributed by atoms with Gasteiger partial charge in [-0.05, 0) is 30.0 Å². The number of hydrogen-bond acceptors (Lipinski definition) is 7. The SMILES string of the molecule is CC(=O)Nc1ncc(S(=O)(=O)N2CCC(c3ccc4c(c3)OCO4)C2)s1. The monoisotopic (exact) mass is 395 g/mol. The Morgan fingerprint density at radius 1 is 1.35 bits per heavy atom. The van der Waals surface area contributed by atoms with Crippen molar-refractivity contribution >= 4 is 32.4 Å². The van der Waals surface area contributed by atoms with Gasteiger partial charge in [0.2, 0.25) is 12.7 Å². The molecule has 26 heavy (non-hydrogen) atoms. The summed E-state index contributed by atoms with van der Waals surface area (Å²) in [6.45, 7) is 2.40. The van der Waals surface area contributed by atoms with Crippen LogP contribution < -0.4 is 14.8 Å². The van der Waals surface area contributed by atoms with Crippen molar-refractivity contribution in [3.8, 4) is 11.5 Å². The van der Waals surface area contributed by atoms with Gasteiger partial charge in [-0.15, -0.1) is 0 Å². The van der Waals surface area contributed by atoms with Gasteiger partial charge in [0.05, 0.1) is 6.20 Å². The first-order valence-corrected chi connectivity index (χ1v) is 10.3. The van der Waals surface area contributed by atoms with Crippen molar-refractivity contribution in [3.63, 3.8) is 0 Å². The van der Waals surface area contributed by atoms with E-state index >= 15 is 0 Å². The van der Waals surface area contributed by atoms with E-state index in [1.807, 2.05) is 18.2 Å². The van der Waals surface area contributed by atoms with Gasteiger partial charge in [0.15, 0.2) is 20.8 Å². The molecule has 1 aromatic carbocycles. The molecule has 1 amide bonds. The molecule has 8 nitrogen and oxygen atoms in total. The number of sulfonamides is 1. The molecule has 1 unspecified atom stereocenters. The van der Waals surface area contributed by atoms with Crippen LogP contribution in [0.1, 0.15) is 24.8 Å². The average Bonchev–Trinajstić information content (AvgIpc) is 3.33. The molecule has 1 N–H and O–H groups in total. The van der Waals surface area contributed by atoms with Crippen molar-refractivity contribution in [1.29, 1.82) is 0 Å². The van der Waals surface area contributed by atoms with E-state index in [1.165, 1.54) is 17.4 Å². The molecule has 2 aromatic rings. The Kier molecular flexibility index (Phi) is 4.33. The lowest BCUT2D eigenvalue weighted by atomic mass is 9.98. The number of hydrogen-bond donors (Lipinski definition) is 1. The minimum absolute atomic E-state index is 0.0991. The van der Waals surface area contributed by atoms with E-state index in [-0.39, 0.29) is 28.0 Å². The summed E-state index contributed by atoms with van der Waals surface area (Å²) in [5, 5.41) is 2.79. The Labute approximate surface area is 154 Å². The largest absolute Gasteiger partial charge is 0.454 e. The van der Waals surface area contributed by atoms with Gasteiger partial charge >= 0.3 is 0 Å². The Hall–Kier alpha value is -2.17. The first kappa shape index (κ1) is 17.3. The summed E-state index contributed by atoms with van der Waals surface area (Å²) >= 11 is 0.959. The number of fused-ring (bicyclic) bond motifs is 1. The van der Waals surface area contributed by atoms with Crippen molar-refractivity contribution in [2.45, 2.75) is 23.5 Å². The lowest BCUT2D eigenvalue weighted by Gasteiger charge is -2.15. The van der Waals surface area contributed by atoms with Crippen LogP contribution in [0, 0.1) is 0 Å². The van der Waals surface area contributed by atoms with E-state index in [0.717, 1.165) is 23.3 Å². The molecule has 0 spiro atoms. The molecule has 10 heteroatoms. The summed E-state index contributed by atoms with van der Waals surface area (Å²) in [7, 11) is -3.62. The summed E-state index contributed by atoms with van der Waals surface area (Å²) in [4.78, 5) is 15.0. The van der Waals surface area contributed by atoms with E-state index in [4.69, 9.17) is 9.47 Å². The zero-order chi connectivity index (χ0) is 18.3. The minimum atomic E-state index is -3.62. The van der Waals surface area contributed by atoms with Crippen molar-refractivity contribution in [2.75, 3.05) is 25.2 Å². The van der Waals surface area contributed by atoms with Crippen molar-refractivity contribution < 1.29 is 22.7 Å². The van der Waals surface area contributed by atoms with Gasteiger partial charge in [-0.2, -0.15) is 4.31 Å². The van der Waals surface area contributed by atoms with Gasteiger partial charge in [-0.25, -0.2) is 13.4 Å². The number of ether oxygens (including phenoxy) is 2.